The number of rotatable bonds is 6. The highest BCUT2D eigenvalue weighted by atomic mass is 14.9. The molecule has 0 spiro atoms. The van der Waals surface area contributed by atoms with Gasteiger partial charge in [0.1, 0.15) is 0 Å². The Labute approximate surface area is 97.0 Å². The van der Waals surface area contributed by atoms with E-state index in [1.807, 2.05) is 0 Å². The fourth-order valence-corrected chi connectivity index (χ4v) is 1.55. The summed E-state index contributed by atoms with van der Waals surface area (Å²) in [5.41, 5.74) is 0.935. The smallest absolute Gasteiger partial charge is 0.0000126 e. The molecule has 0 aromatic rings. The van der Waals surface area contributed by atoms with Crippen LogP contribution in [-0.2, 0) is 0 Å². The van der Waals surface area contributed by atoms with Gasteiger partial charge in [-0.05, 0) is 36.8 Å². The van der Waals surface area contributed by atoms with Crippen molar-refractivity contribution in [1.82, 2.24) is 5.32 Å². The lowest BCUT2D eigenvalue weighted by Gasteiger charge is -2.19. The topological polar surface area (TPSA) is 12.0 Å². The van der Waals surface area contributed by atoms with E-state index in [1.54, 1.807) is 0 Å². The molecule has 0 heterocycles. The molecular weight excluding hydrogens is 182 g/mol. The molecule has 0 saturated carbocycles. The maximum Gasteiger partial charge on any atom is -0.0000126 e. The Morgan fingerprint density at radius 2 is 1.33 bits per heavy atom. The van der Waals surface area contributed by atoms with E-state index < -0.39 is 0 Å². The van der Waals surface area contributed by atoms with E-state index in [-0.39, 0.29) is 0 Å². The molecule has 92 valence electrons. The zero-order chi connectivity index (χ0) is 11.9. The Hall–Kier alpha value is -0.0400. The SMILES string of the molecule is CC(C)(C)CCCCCNCC(C)(C)C. The van der Waals surface area contributed by atoms with Gasteiger partial charge in [-0.15, -0.1) is 0 Å². The van der Waals surface area contributed by atoms with Crippen LogP contribution in [0.1, 0.15) is 67.2 Å². The molecule has 0 amide bonds. The molecule has 0 fully saturated rings. The minimum atomic E-state index is 0.422. The average Bonchev–Trinajstić information content (AvgIpc) is 1.98. The summed E-state index contributed by atoms with van der Waals surface area (Å²) in [5.74, 6) is 0. The molecule has 1 heteroatoms. The lowest BCUT2D eigenvalue weighted by atomic mass is 9.89. The molecule has 0 saturated heterocycles. The van der Waals surface area contributed by atoms with Gasteiger partial charge in [-0.25, -0.2) is 0 Å². The third-order valence-corrected chi connectivity index (χ3v) is 2.44. The Bertz CT molecular complexity index is 130. The van der Waals surface area contributed by atoms with Crippen LogP contribution in [0.4, 0.5) is 0 Å². The molecule has 0 aliphatic carbocycles. The molecule has 0 atom stereocenters. The summed E-state index contributed by atoms with van der Waals surface area (Å²) in [5, 5.41) is 3.52. The van der Waals surface area contributed by atoms with Crippen LogP contribution < -0.4 is 5.32 Å². The van der Waals surface area contributed by atoms with Crippen molar-refractivity contribution >= 4 is 0 Å². The largest absolute Gasteiger partial charge is 0.316 e. The minimum Gasteiger partial charge on any atom is -0.316 e. The lowest BCUT2D eigenvalue weighted by Crippen LogP contribution is -2.27. The normalized spacial score (nSPS) is 13.2. The van der Waals surface area contributed by atoms with Crippen molar-refractivity contribution < 1.29 is 0 Å². The van der Waals surface area contributed by atoms with E-state index in [4.69, 9.17) is 0 Å². The van der Waals surface area contributed by atoms with Crippen molar-refractivity contribution in [2.75, 3.05) is 13.1 Å². The molecular formula is C14H31N. The predicted molar refractivity (Wildman–Crippen MR) is 70.2 cm³/mol. The summed E-state index contributed by atoms with van der Waals surface area (Å²) in [6.07, 6.45) is 5.42. The summed E-state index contributed by atoms with van der Waals surface area (Å²) in [6, 6.07) is 0. The monoisotopic (exact) mass is 213 g/mol. The average molecular weight is 213 g/mol. The van der Waals surface area contributed by atoms with Crippen molar-refractivity contribution in [2.45, 2.75) is 67.2 Å². The highest BCUT2D eigenvalue weighted by molar-refractivity contribution is 4.65. The summed E-state index contributed by atoms with van der Waals surface area (Å²) in [7, 11) is 0. The standard InChI is InChI=1S/C14H31N/c1-13(2,3)10-8-7-9-11-15-12-14(4,5)6/h15H,7-12H2,1-6H3. The first kappa shape index (κ1) is 15.0. The van der Waals surface area contributed by atoms with Gasteiger partial charge < -0.3 is 5.32 Å². The van der Waals surface area contributed by atoms with E-state index in [1.165, 1.54) is 32.2 Å². The summed E-state index contributed by atoms with van der Waals surface area (Å²) in [6.45, 7) is 16.1. The predicted octanol–water partition coefficient (Wildman–Crippen LogP) is 4.23. The Morgan fingerprint density at radius 3 is 1.80 bits per heavy atom. The Kier molecular flexibility index (Phi) is 6.51. The molecule has 0 unspecified atom stereocenters. The zero-order valence-corrected chi connectivity index (χ0v) is 11.7. The van der Waals surface area contributed by atoms with Gasteiger partial charge in [0.05, 0.1) is 0 Å². The van der Waals surface area contributed by atoms with Crippen molar-refractivity contribution in [2.24, 2.45) is 10.8 Å². The van der Waals surface area contributed by atoms with E-state index >= 15 is 0 Å². The van der Waals surface area contributed by atoms with Crippen molar-refractivity contribution in [3.8, 4) is 0 Å². The Balaban J connectivity index is 3.20. The highest BCUT2D eigenvalue weighted by Gasteiger charge is 2.09. The van der Waals surface area contributed by atoms with Crippen LogP contribution in [0.25, 0.3) is 0 Å². The summed E-state index contributed by atoms with van der Waals surface area (Å²) >= 11 is 0. The van der Waals surface area contributed by atoms with Gasteiger partial charge in [-0.1, -0.05) is 54.4 Å². The van der Waals surface area contributed by atoms with Gasteiger partial charge >= 0.3 is 0 Å². The molecule has 1 N–H and O–H groups in total. The summed E-state index contributed by atoms with van der Waals surface area (Å²) < 4.78 is 0. The van der Waals surface area contributed by atoms with Gasteiger partial charge in [0.2, 0.25) is 0 Å². The van der Waals surface area contributed by atoms with Gasteiger partial charge in [0, 0.05) is 0 Å². The van der Waals surface area contributed by atoms with Gasteiger partial charge in [-0.2, -0.15) is 0 Å². The molecule has 15 heavy (non-hydrogen) atoms. The van der Waals surface area contributed by atoms with Crippen LogP contribution in [0.3, 0.4) is 0 Å². The van der Waals surface area contributed by atoms with Crippen molar-refractivity contribution in [1.29, 1.82) is 0 Å². The van der Waals surface area contributed by atoms with Crippen LogP contribution in [-0.4, -0.2) is 13.1 Å². The molecule has 0 aliphatic heterocycles. The first-order valence-electron chi connectivity index (χ1n) is 6.41. The number of nitrogens with one attached hydrogen (secondary N) is 1. The quantitative estimate of drug-likeness (QED) is 0.651. The van der Waals surface area contributed by atoms with Crippen molar-refractivity contribution in [3.05, 3.63) is 0 Å². The zero-order valence-electron chi connectivity index (χ0n) is 11.7. The van der Waals surface area contributed by atoms with Crippen molar-refractivity contribution in [3.63, 3.8) is 0 Å². The van der Waals surface area contributed by atoms with Crippen LogP contribution in [0.2, 0.25) is 0 Å². The van der Waals surface area contributed by atoms with E-state index in [9.17, 15) is 0 Å². The van der Waals surface area contributed by atoms with Crippen LogP contribution in [0.15, 0.2) is 0 Å². The molecule has 0 rings (SSSR count). The number of hydrogen-bond donors (Lipinski definition) is 1. The minimum absolute atomic E-state index is 0.422. The lowest BCUT2D eigenvalue weighted by molar-refractivity contribution is 0.351. The second-order valence-corrected chi connectivity index (χ2v) is 7.11. The second kappa shape index (κ2) is 6.52. The Morgan fingerprint density at radius 1 is 0.733 bits per heavy atom. The van der Waals surface area contributed by atoms with Gasteiger partial charge in [-0.3, -0.25) is 0 Å². The maximum atomic E-state index is 3.52. The fraction of sp³-hybridized carbons (Fsp3) is 1.00. The fourth-order valence-electron chi connectivity index (χ4n) is 1.55. The molecule has 0 radical (unpaired) electrons. The molecule has 0 aromatic heterocycles. The molecule has 0 bridgehead atoms. The molecule has 0 aromatic carbocycles. The second-order valence-electron chi connectivity index (χ2n) is 7.11. The molecule has 1 nitrogen and oxygen atoms in total. The molecule has 0 aliphatic rings. The van der Waals surface area contributed by atoms with Crippen LogP contribution >= 0.6 is 0 Å². The van der Waals surface area contributed by atoms with Crippen LogP contribution in [0.5, 0.6) is 0 Å². The first-order valence-corrected chi connectivity index (χ1v) is 6.41. The van der Waals surface area contributed by atoms with Gasteiger partial charge in [0.15, 0.2) is 0 Å². The number of unbranched alkanes of at least 4 members (excludes halogenated alkanes) is 2. The van der Waals surface area contributed by atoms with E-state index in [2.05, 4.69) is 46.9 Å². The third kappa shape index (κ3) is 14.0. The van der Waals surface area contributed by atoms with Gasteiger partial charge in [0.25, 0.3) is 0 Å². The number of hydrogen-bond acceptors (Lipinski definition) is 1. The highest BCUT2D eigenvalue weighted by Crippen LogP contribution is 2.21. The summed E-state index contributed by atoms with van der Waals surface area (Å²) in [4.78, 5) is 0. The van der Waals surface area contributed by atoms with E-state index in [0.717, 1.165) is 6.54 Å². The van der Waals surface area contributed by atoms with E-state index in [0.29, 0.717) is 10.8 Å². The van der Waals surface area contributed by atoms with Crippen LogP contribution in [0, 0.1) is 10.8 Å². The third-order valence-electron chi connectivity index (χ3n) is 2.44. The first-order chi connectivity index (χ1) is 6.71. The maximum absolute atomic E-state index is 3.52.